The van der Waals surface area contributed by atoms with Crippen LogP contribution in [0.3, 0.4) is 0 Å². The maximum atomic E-state index is 12.9. The van der Waals surface area contributed by atoms with Gasteiger partial charge in [0.05, 0.1) is 38.4 Å². The molecule has 0 saturated heterocycles. The molecule has 192 valence electrons. The molecule has 5 nitrogen and oxygen atoms in total. The minimum atomic E-state index is -0.363. The Bertz CT molecular complexity index is 384. The van der Waals surface area contributed by atoms with Gasteiger partial charge in [-0.05, 0) is 26.7 Å². The number of carbonyl (C=O) groups excluding carboxylic acids is 1. The van der Waals surface area contributed by atoms with Crippen molar-refractivity contribution in [2.75, 3.05) is 46.2 Å². The van der Waals surface area contributed by atoms with Crippen LogP contribution in [0.15, 0.2) is 0 Å². The first-order chi connectivity index (χ1) is 15.6. The van der Waals surface area contributed by atoms with Crippen LogP contribution in [0.1, 0.15) is 118 Å². The average molecular weight is 459 g/mol. The number of ether oxygens (including phenoxy) is 4. The summed E-state index contributed by atoms with van der Waals surface area (Å²) in [5, 5.41) is 0. The fourth-order valence-electron chi connectivity index (χ4n) is 3.87. The van der Waals surface area contributed by atoms with Crippen LogP contribution >= 0.6 is 0 Å². The smallest absolute Gasteiger partial charge is 0.311 e. The van der Waals surface area contributed by atoms with Crippen molar-refractivity contribution in [3.8, 4) is 0 Å². The van der Waals surface area contributed by atoms with Crippen molar-refractivity contribution in [1.82, 2.24) is 0 Å². The van der Waals surface area contributed by atoms with Crippen LogP contribution in [-0.4, -0.2) is 52.2 Å². The fourth-order valence-corrected chi connectivity index (χ4v) is 3.87. The van der Waals surface area contributed by atoms with Crippen molar-refractivity contribution in [1.29, 1.82) is 0 Å². The Kier molecular flexibility index (Phi) is 23.0. The summed E-state index contributed by atoms with van der Waals surface area (Å²) in [6, 6.07) is 0. The molecule has 0 fully saturated rings. The summed E-state index contributed by atoms with van der Waals surface area (Å²) in [4.78, 5) is 12.9. The predicted octanol–water partition coefficient (Wildman–Crippen LogP) is 7.11. The number of hydrogen-bond acceptors (Lipinski definition) is 5. The van der Waals surface area contributed by atoms with Gasteiger partial charge < -0.3 is 18.9 Å². The van der Waals surface area contributed by atoms with Crippen molar-refractivity contribution in [2.45, 2.75) is 118 Å². The highest BCUT2D eigenvalue weighted by molar-refractivity contribution is 5.76. The van der Waals surface area contributed by atoms with Gasteiger partial charge >= 0.3 is 5.97 Å². The Morgan fingerprint density at radius 3 is 1.44 bits per heavy atom. The molecular formula is C27H54O5. The lowest BCUT2D eigenvalue weighted by Gasteiger charge is -2.27. The van der Waals surface area contributed by atoms with Crippen LogP contribution < -0.4 is 0 Å². The van der Waals surface area contributed by atoms with Gasteiger partial charge in [0, 0.05) is 6.61 Å². The number of carbonyl (C=O) groups is 1. The second kappa shape index (κ2) is 23.5. The summed E-state index contributed by atoms with van der Waals surface area (Å²) in [6.45, 7) is 12.3. The molecule has 0 atom stereocenters. The first-order valence-electron chi connectivity index (χ1n) is 13.5. The van der Waals surface area contributed by atoms with E-state index in [1.54, 1.807) is 0 Å². The second-order valence-corrected chi connectivity index (χ2v) is 9.15. The molecule has 0 amide bonds. The van der Waals surface area contributed by atoms with Crippen LogP contribution in [0.5, 0.6) is 0 Å². The average Bonchev–Trinajstić information content (AvgIpc) is 2.79. The molecule has 0 aliphatic rings. The third-order valence-corrected chi connectivity index (χ3v) is 6.07. The molecule has 0 N–H and O–H groups in total. The lowest BCUT2D eigenvalue weighted by Crippen LogP contribution is -2.31. The summed E-state index contributed by atoms with van der Waals surface area (Å²) >= 11 is 0. The van der Waals surface area contributed by atoms with Gasteiger partial charge in [0.2, 0.25) is 0 Å². The van der Waals surface area contributed by atoms with E-state index in [9.17, 15) is 4.79 Å². The van der Waals surface area contributed by atoms with Gasteiger partial charge in [-0.2, -0.15) is 0 Å². The maximum Gasteiger partial charge on any atom is 0.311 e. The minimum absolute atomic E-state index is 0.0452. The molecule has 0 heterocycles. The first-order valence-corrected chi connectivity index (χ1v) is 13.5. The molecule has 0 spiro atoms. The quantitative estimate of drug-likeness (QED) is 0.108. The molecule has 0 bridgehead atoms. The van der Waals surface area contributed by atoms with E-state index in [0.717, 1.165) is 25.7 Å². The molecule has 0 aliphatic heterocycles. The van der Waals surface area contributed by atoms with E-state index in [-0.39, 0.29) is 11.4 Å². The molecule has 0 unspecified atom stereocenters. The van der Waals surface area contributed by atoms with E-state index >= 15 is 0 Å². The van der Waals surface area contributed by atoms with Crippen molar-refractivity contribution in [2.24, 2.45) is 5.41 Å². The predicted molar refractivity (Wildman–Crippen MR) is 133 cm³/mol. The van der Waals surface area contributed by atoms with E-state index < -0.39 is 0 Å². The molecule has 0 aromatic carbocycles. The zero-order valence-electron chi connectivity index (χ0n) is 21.9. The zero-order chi connectivity index (χ0) is 23.8. The van der Waals surface area contributed by atoms with Crippen LogP contribution in [0.2, 0.25) is 0 Å². The van der Waals surface area contributed by atoms with Gasteiger partial charge in [0.15, 0.2) is 0 Å². The van der Waals surface area contributed by atoms with Gasteiger partial charge in [0.25, 0.3) is 0 Å². The first kappa shape index (κ1) is 31.4. The van der Waals surface area contributed by atoms with Gasteiger partial charge in [-0.1, -0.05) is 90.9 Å². The molecule has 0 aromatic rings. The van der Waals surface area contributed by atoms with E-state index in [2.05, 4.69) is 20.8 Å². The molecule has 0 saturated carbocycles. The van der Waals surface area contributed by atoms with Gasteiger partial charge in [-0.3, -0.25) is 4.79 Å². The number of rotatable bonds is 25. The molecule has 0 rings (SSSR count). The van der Waals surface area contributed by atoms with Gasteiger partial charge in [-0.15, -0.1) is 0 Å². The third-order valence-electron chi connectivity index (χ3n) is 6.07. The normalized spacial score (nSPS) is 11.8. The van der Waals surface area contributed by atoms with Crippen LogP contribution in [0.4, 0.5) is 0 Å². The van der Waals surface area contributed by atoms with Crippen molar-refractivity contribution in [3.05, 3.63) is 0 Å². The van der Waals surface area contributed by atoms with E-state index in [1.165, 1.54) is 64.2 Å². The lowest BCUT2D eigenvalue weighted by atomic mass is 9.79. The van der Waals surface area contributed by atoms with E-state index in [0.29, 0.717) is 46.2 Å². The Hall–Kier alpha value is -0.650. The number of hydrogen-bond donors (Lipinski definition) is 0. The Morgan fingerprint density at radius 2 is 0.969 bits per heavy atom. The highest BCUT2D eigenvalue weighted by atomic mass is 16.6. The summed E-state index contributed by atoms with van der Waals surface area (Å²) in [7, 11) is 0. The molecule has 5 heteroatoms. The lowest BCUT2D eigenvalue weighted by molar-refractivity contribution is -0.157. The van der Waals surface area contributed by atoms with Gasteiger partial charge in [0.1, 0.15) is 6.61 Å². The largest absolute Gasteiger partial charge is 0.463 e. The highest BCUT2D eigenvalue weighted by Crippen LogP contribution is 2.33. The monoisotopic (exact) mass is 458 g/mol. The topological polar surface area (TPSA) is 54.0 Å². The highest BCUT2D eigenvalue weighted by Gasteiger charge is 2.33. The Labute approximate surface area is 199 Å². The summed E-state index contributed by atoms with van der Waals surface area (Å²) in [5.41, 5.74) is -0.363. The summed E-state index contributed by atoms with van der Waals surface area (Å²) < 4.78 is 21.8. The molecule has 0 aliphatic carbocycles. The summed E-state index contributed by atoms with van der Waals surface area (Å²) in [6.07, 6.45) is 16.8. The van der Waals surface area contributed by atoms with Crippen LogP contribution in [0.25, 0.3) is 0 Å². The summed E-state index contributed by atoms with van der Waals surface area (Å²) in [5.74, 6) is -0.0452. The number of esters is 1. The maximum absolute atomic E-state index is 12.9. The molecule has 32 heavy (non-hydrogen) atoms. The minimum Gasteiger partial charge on any atom is -0.463 e. The molecule has 0 radical (unpaired) electrons. The Balaban J connectivity index is 4.17. The Morgan fingerprint density at radius 1 is 0.562 bits per heavy atom. The van der Waals surface area contributed by atoms with Crippen molar-refractivity contribution < 1.29 is 23.7 Å². The fraction of sp³-hybridized carbons (Fsp3) is 0.963. The number of unbranched alkanes of at least 4 members (excludes halogenated alkanes) is 10. The van der Waals surface area contributed by atoms with Crippen molar-refractivity contribution >= 4 is 5.97 Å². The SMILES string of the molecule is CCCCCCCCC(C)(CCCCCCCC)C(=O)OCCOCCOCCOCC. The third kappa shape index (κ3) is 18.9. The van der Waals surface area contributed by atoms with Crippen LogP contribution in [-0.2, 0) is 23.7 Å². The zero-order valence-corrected chi connectivity index (χ0v) is 21.9. The van der Waals surface area contributed by atoms with Crippen LogP contribution in [0, 0.1) is 5.41 Å². The van der Waals surface area contributed by atoms with E-state index in [1.807, 2.05) is 6.92 Å². The van der Waals surface area contributed by atoms with E-state index in [4.69, 9.17) is 18.9 Å². The molecular weight excluding hydrogens is 404 g/mol. The van der Waals surface area contributed by atoms with Crippen molar-refractivity contribution in [3.63, 3.8) is 0 Å². The standard InChI is InChI=1S/C27H54O5/c1-5-8-10-12-14-16-18-27(4,19-17-15-13-11-9-6-2)26(28)32-25-24-31-23-22-30-21-20-29-7-3/h5-25H2,1-4H3. The second-order valence-electron chi connectivity index (χ2n) is 9.15. The molecule has 0 aromatic heterocycles. The van der Waals surface area contributed by atoms with Gasteiger partial charge in [-0.25, -0.2) is 0 Å².